The van der Waals surface area contributed by atoms with Crippen molar-refractivity contribution in [1.29, 1.82) is 0 Å². The van der Waals surface area contributed by atoms with E-state index < -0.39 is 25.6 Å². The van der Waals surface area contributed by atoms with E-state index in [1.165, 1.54) is 0 Å². The van der Waals surface area contributed by atoms with Crippen molar-refractivity contribution in [2.75, 3.05) is 0 Å². The van der Waals surface area contributed by atoms with Gasteiger partial charge in [-0.15, -0.1) is 23.2 Å². The van der Waals surface area contributed by atoms with Crippen LogP contribution >= 0.6 is 69.6 Å². The van der Waals surface area contributed by atoms with Crippen LogP contribution in [0.15, 0.2) is 33.4 Å². The first kappa shape index (κ1) is 14.2. The second-order valence-electron chi connectivity index (χ2n) is 4.33. The smallest absolute Gasteiger partial charge is 0.184 e. The maximum atomic E-state index is 12.0. The van der Waals surface area contributed by atoms with Gasteiger partial charge in [0, 0.05) is 11.1 Å². The zero-order valence-electron chi connectivity index (χ0n) is 8.74. The number of rotatable bonds is 0. The van der Waals surface area contributed by atoms with Crippen LogP contribution in [0.1, 0.15) is 0 Å². The van der Waals surface area contributed by atoms with Gasteiger partial charge in [-0.05, 0) is 12.2 Å². The topological polar surface area (TPSA) is 34.1 Å². The number of carbonyl (C=O) groups excluding carboxylic acids is 2. The van der Waals surface area contributed by atoms with E-state index in [1.54, 1.807) is 0 Å². The summed E-state index contributed by atoms with van der Waals surface area (Å²) in [4.78, 5) is 20.4. The van der Waals surface area contributed by atoms with Crippen molar-refractivity contribution in [3.8, 4) is 0 Å². The van der Waals surface area contributed by atoms with Crippen molar-refractivity contribution in [3.05, 3.63) is 33.4 Å². The Labute approximate surface area is 137 Å². The third kappa shape index (κ3) is 1.21. The molecule has 19 heavy (non-hydrogen) atoms. The molecule has 2 atom stereocenters. The predicted molar refractivity (Wildman–Crippen MR) is 76.5 cm³/mol. The molecule has 0 spiro atoms. The Morgan fingerprint density at radius 3 is 1.37 bits per heavy atom. The van der Waals surface area contributed by atoms with Crippen molar-refractivity contribution < 1.29 is 9.59 Å². The lowest BCUT2D eigenvalue weighted by Gasteiger charge is -2.32. The van der Waals surface area contributed by atoms with Gasteiger partial charge >= 0.3 is 0 Å². The molecule has 100 valence electrons. The molecule has 8 heteroatoms. The highest BCUT2D eigenvalue weighted by Crippen LogP contribution is 2.74. The molecule has 0 fully saturated rings. The van der Waals surface area contributed by atoms with Crippen molar-refractivity contribution in [2.24, 2.45) is 0 Å². The maximum Gasteiger partial charge on any atom is 0.184 e. The Balaban J connectivity index is 2.44. The van der Waals surface area contributed by atoms with E-state index in [2.05, 4.69) is 0 Å². The van der Waals surface area contributed by atoms with Gasteiger partial charge in [0.25, 0.3) is 0 Å². The van der Waals surface area contributed by atoms with Crippen LogP contribution in [0.25, 0.3) is 0 Å². The minimum Gasteiger partial charge on any atom is -0.290 e. The molecule has 0 radical (unpaired) electrons. The van der Waals surface area contributed by atoms with Crippen LogP contribution < -0.4 is 0 Å². The van der Waals surface area contributed by atoms with Crippen molar-refractivity contribution >= 4 is 81.2 Å². The first-order valence-corrected chi connectivity index (χ1v) is 7.22. The molecule has 3 rings (SSSR count). The Kier molecular flexibility index (Phi) is 2.80. The Bertz CT molecular complexity index is 606. The van der Waals surface area contributed by atoms with Crippen molar-refractivity contribution in [3.63, 3.8) is 0 Å². The molecule has 2 nitrogen and oxygen atoms in total. The summed E-state index contributed by atoms with van der Waals surface area (Å²) >= 11 is 37.3. The van der Waals surface area contributed by atoms with Crippen LogP contribution in [0.3, 0.4) is 0 Å². The van der Waals surface area contributed by atoms with Crippen molar-refractivity contribution in [1.82, 2.24) is 0 Å². The van der Waals surface area contributed by atoms with E-state index in [-0.39, 0.29) is 21.2 Å². The van der Waals surface area contributed by atoms with Gasteiger partial charge in [-0.3, -0.25) is 9.59 Å². The molecule has 0 saturated carbocycles. The largest absolute Gasteiger partial charge is 0.290 e. The van der Waals surface area contributed by atoms with Crippen LogP contribution in [-0.2, 0) is 9.59 Å². The number of ketones is 2. The molecule has 2 bridgehead atoms. The zero-order valence-corrected chi connectivity index (χ0v) is 13.3. The van der Waals surface area contributed by atoms with E-state index in [0.29, 0.717) is 0 Å². The average Bonchev–Trinajstić information content (AvgIpc) is 2.55. The first-order chi connectivity index (χ1) is 8.61. The number of hydrogen-bond donors (Lipinski definition) is 0. The molecule has 0 heterocycles. The lowest BCUT2D eigenvalue weighted by molar-refractivity contribution is -0.115. The molecule has 0 aromatic heterocycles. The Hall–Kier alpha value is 0.300. The number of allylic oxidation sites excluding steroid dienone is 6. The standard InChI is InChI=1S/C11H2Cl6O2/c12-7-8(13)10(15)6-4(19)2-1-3(18)5(6)9(7,14)11(10,16)17/h1-2H. The van der Waals surface area contributed by atoms with E-state index in [1.807, 2.05) is 0 Å². The summed E-state index contributed by atoms with van der Waals surface area (Å²) in [7, 11) is 0. The van der Waals surface area contributed by atoms with Gasteiger partial charge in [-0.2, -0.15) is 0 Å². The molecular formula is C11H2Cl6O2. The molecular weight excluding hydrogens is 377 g/mol. The highest BCUT2D eigenvalue weighted by Gasteiger charge is 2.80. The summed E-state index contributed by atoms with van der Waals surface area (Å²) < 4.78 is -1.93. The second kappa shape index (κ2) is 3.73. The van der Waals surface area contributed by atoms with Crippen LogP contribution in [-0.4, -0.2) is 25.6 Å². The first-order valence-electron chi connectivity index (χ1n) is 4.95. The van der Waals surface area contributed by atoms with Crippen molar-refractivity contribution in [2.45, 2.75) is 14.1 Å². The number of fused-ring (bicyclic) bond motifs is 4. The summed E-state index contributed by atoms with van der Waals surface area (Å²) in [6.45, 7) is 0. The average molecular weight is 379 g/mol. The molecule has 0 aromatic carbocycles. The van der Waals surface area contributed by atoms with Crippen LogP contribution in [0.5, 0.6) is 0 Å². The fourth-order valence-electron chi connectivity index (χ4n) is 2.60. The van der Waals surface area contributed by atoms with E-state index in [4.69, 9.17) is 69.6 Å². The molecule has 3 aliphatic carbocycles. The highest BCUT2D eigenvalue weighted by molar-refractivity contribution is 6.69. The van der Waals surface area contributed by atoms with E-state index >= 15 is 0 Å². The molecule has 2 unspecified atom stereocenters. The molecule has 3 aliphatic rings. The highest BCUT2D eigenvalue weighted by atomic mass is 35.5. The Morgan fingerprint density at radius 1 is 0.737 bits per heavy atom. The van der Waals surface area contributed by atoms with Crippen LogP contribution in [0, 0.1) is 0 Å². The number of alkyl halides is 4. The molecule has 0 amide bonds. The van der Waals surface area contributed by atoms with Gasteiger partial charge in [0.05, 0.1) is 10.1 Å². The lowest BCUT2D eigenvalue weighted by Crippen LogP contribution is -2.46. The fourth-order valence-corrected chi connectivity index (χ4v) is 5.30. The van der Waals surface area contributed by atoms with Gasteiger partial charge in [0.2, 0.25) is 0 Å². The summed E-state index contributed by atoms with van der Waals surface area (Å²) in [6, 6.07) is 0. The Morgan fingerprint density at radius 2 is 1.05 bits per heavy atom. The molecule has 0 aliphatic heterocycles. The molecule has 0 N–H and O–H groups in total. The minimum atomic E-state index is -1.93. The fraction of sp³-hybridized carbons (Fsp3) is 0.273. The number of hydrogen-bond acceptors (Lipinski definition) is 2. The van der Waals surface area contributed by atoms with Gasteiger partial charge < -0.3 is 0 Å². The van der Waals surface area contributed by atoms with Gasteiger partial charge in [-0.25, -0.2) is 0 Å². The second-order valence-corrected chi connectivity index (χ2v) is 7.55. The minimum absolute atomic E-state index is 0.101. The quantitative estimate of drug-likeness (QED) is 0.474. The van der Waals surface area contributed by atoms with Gasteiger partial charge in [-0.1, -0.05) is 46.4 Å². The zero-order chi connectivity index (χ0) is 14.4. The number of halogens is 6. The lowest BCUT2D eigenvalue weighted by atomic mass is 9.86. The monoisotopic (exact) mass is 376 g/mol. The molecule has 0 saturated heterocycles. The SMILES string of the molecule is O=C1C=CC(=O)C2=C1C1(Cl)C(Cl)=C(Cl)C2(Cl)C1(Cl)Cl. The van der Waals surface area contributed by atoms with Crippen LogP contribution in [0.4, 0.5) is 0 Å². The number of carbonyl (C=O) groups is 2. The maximum absolute atomic E-state index is 12.0. The predicted octanol–water partition coefficient (Wildman–Crippen LogP) is 3.84. The van der Waals surface area contributed by atoms with E-state index in [9.17, 15) is 9.59 Å². The summed E-state index contributed by atoms with van der Waals surface area (Å²) in [5.41, 5.74) is -0.202. The third-order valence-electron chi connectivity index (χ3n) is 3.48. The van der Waals surface area contributed by atoms with Gasteiger partial charge in [0.1, 0.15) is 9.75 Å². The normalized spacial score (nSPS) is 39.5. The summed E-state index contributed by atoms with van der Waals surface area (Å²) in [6.07, 6.45) is 2.16. The summed E-state index contributed by atoms with van der Waals surface area (Å²) in [5, 5.41) is -0.267. The third-order valence-corrected chi connectivity index (χ3v) is 7.56. The van der Waals surface area contributed by atoms with E-state index in [0.717, 1.165) is 12.2 Å². The van der Waals surface area contributed by atoms with Crippen LogP contribution in [0.2, 0.25) is 0 Å². The van der Waals surface area contributed by atoms with Gasteiger partial charge in [0.15, 0.2) is 15.9 Å². The molecule has 0 aromatic rings. The summed E-state index contributed by atoms with van der Waals surface area (Å²) in [5.74, 6) is -1.03.